The Morgan fingerprint density at radius 3 is 2.32 bits per heavy atom. The maximum atomic E-state index is 11.1. The molecular weight excluding hydrogens is 541 g/mol. The number of carbonyl (C=O) groups is 1. The highest BCUT2D eigenvalue weighted by Crippen LogP contribution is 2.35. The summed E-state index contributed by atoms with van der Waals surface area (Å²) in [6.07, 6.45) is 10.4. The van der Waals surface area contributed by atoms with Crippen molar-refractivity contribution in [2.45, 2.75) is 55.6 Å². The fraction of sp³-hybridized carbons (Fsp3) is 0.333. The lowest BCUT2D eigenvalue weighted by Gasteiger charge is -2.11. The molecule has 202 valence electrons. The molecule has 2 aromatic carbocycles. The van der Waals surface area contributed by atoms with E-state index in [0.717, 1.165) is 48.1 Å². The summed E-state index contributed by atoms with van der Waals surface area (Å²) < 4.78 is 11.2. The van der Waals surface area contributed by atoms with Crippen LogP contribution in [0.5, 0.6) is 11.5 Å². The normalized spacial score (nSPS) is 11.1. The highest BCUT2D eigenvalue weighted by Gasteiger charge is 2.10. The number of hydrogen-bond acceptors (Lipinski definition) is 5. The number of aliphatic carboxylic acids is 1. The lowest BCUT2D eigenvalue weighted by molar-refractivity contribution is -0.131. The van der Waals surface area contributed by atoms with Gasteiger partial charge in [-0.2, -0.15) is 0 Å². The molecule has 8 heteroatoms. The monoisotopic (exact) mass is 573 g/mol. The number of thioether (sulfide) groups is 1. The smallest absolute Gasteiger partial charge is 0.328 e. The van der Waals surface area contributed by atoms with Crippen LogP contribution in [0.3, 0.4) is 0 Å². The Balaban J connectivity index is 1.41. The summed E-state index contributed by atoms with van der Waals surface area (Å²) in [5.74, 6) is 0.972. The molecule has 0 saturated carbocycles. The lowest BCUT2D eigenvalue weighted by Crippen LogP contribution is -2.02. The molecule has 0 bridgehead atoms. The zero-order valence-electron chi connectivity index (χ0n) is 21.5. The second-order valence-corrected chi connectivity index (χ2v) is 10.6. The molecule has 1 N–H and O–H groups in total. The number of hydrogen-bond donors (Lipinski definition) is 1. The van der Waals surface area contributed by atoms with Crippen molar-refractivity contribution in [2.24, 2.45) is 0 Å². The molecule has 3 rings (SSSR count). The lowest BCUT2D eigenvalue weighted by atomic mass is 10.0. The molecule has 0 spiro atoms. The predicted octanol–water partition coefficient (Wildman–Crippen LogP) is 8.75. The van der Waals surface area contributed by atoms with Crippen molar-refractivity contribution in [3.63, 3.8) is 0 Å². The maximum absolute atomic E-state index is 11.1. The van der Waals surface area contributed by atoms with Gasteiger partial charge in [0.05, 0.1) is 29.5 Å². The van der Waals surface area contributed by atoms with Crippen molar-refractivity contribution in [3.8, 4) is 11.5 Å². The molecule has 0 unspecified atom stereocenters. The van der Waals surface area contributed by atoms with Gasteiger partial charge in [-0.25, -0.2) is 9.78 Å². The van der Waals surface area contributed by atoms with Gasteiger partial charge in [-0.1, -0.05) is 67.1 Å². The van der Waals surface area contributed by atoms with Crippen LogP contribution in [-0.4, -0.2) is 29.8 Å². The van der Waals surface area contributed by atoms with E-state index < -0.39 is 5.97 Å². The Kier molecular flexibility index (Phi) is 12.8. The third-order valence-corrected chi connectivity index (χ3v) is 7.91. The first-order chi connectivity index (χ1) is 18.5. The number of unbranched alkanes of at least 4 members (excludes halogenated alkanes) is 5. The number of pyridine rings is 1. The Morgan fingerprint density at radius 2 is 1.63 bits per heavy atom. The summed E-state index contributed by atoms with van der Waals surface area (Å²) >= 11 is 14.0. The van der Waals surface area contributed by atoms with E-state index in [9.17, 15) is 4.79 Å². The number of methoxy groups -OCH3 is 1. The summed E-state index contributed by atoms with van der Waals surface area (Å²) in [4.78, 5) is 16.5. The van der Waals surface area contributed by atoms with E-state index in [1.54, 1.807) is 25.3 Å². The molecule has 0 fully saturated rings. The summed E-state index contributed by atoms with van der Waals surface area (Å²) in [6.45, 7) is 0.560. The van der Waals surface area contributed by atoms with Crippen molar-refractivity contribution in [1.29, 1.82) is 0 Å². The SMILES string of the molecule is COc1ccc(CCCCCCCCOc2ccc(CSc3c(Cl)cccc3Cl)nc2C=CC(=O)O)cc1. The van der Waals surface area contributed by atoms with Crippen molar-refractivity contribution in [2.75, 3.05) is 13.7 Å². The van der Waals surface area contributed by atoms with Crippen LogP contribution in [0.4, 0.5) is 0 Å². The van der Waals surface area contributed by atoms with E-state index in [4.69, 9.17) is 37.8 Å². The van der Waals surface area contributed by atoms with Gasteiger partial charge >= 0.3 is 5.97 Å². The molecule has 38 heavy (non-hydrogen) atoms. The second kappa shape index (κ2) is 16.3. The summed E-state index contributed by atoms with van der Waals surface area (Å²) in [5.41, 5.74) is 2.62. The molecule has 0 aliphatic carbocycles. The highest BCUT2D eigenvalue weighted by atomic mass is 35.5. The molecular formula is C30H33Cl2NO4S. The van der Waals surface area contributed by atoms with Gasteiger partial charge in [-0.05, 0) is 67.3 Å². The van der Waals surface area contributed by atoms with Crippen LogP contribution < -0.4 is 9.47 Å². The summed E-state index contributed by atoms with van der Waals surface area (Å²) in [7, 11) is 1.68. The number of nitrogens with zero attached hydrogens (tertiary/aromatic N) is 1. The van der Waals surface area contributed by atoms with Gasteiger partial charge in [0, 0.05) is 16.7 Å². The van der Waals surface area contributed by atoms with Crippen LogP contribution >= 0.6 is 35.0 Å². The van der Waals surface area contributed by atoms with E-state index in [1.165, 1.54) is 42.7 Å². The molecule has 0 saturated heterocycles. The fourth-order valence-corrected chi connectivity index (χ4v) is 5.45. The van der Waals surface area contributed by atoms with E-state index >= 15 is 0 Å². The first kappa shape index (κ1) is 29.9. The van der Waals surface area contributed by atoms with Crippen LogP contribution in [-0.2, 0) is 17.0 Å². The van der Waals surface area contributed by atoms with Gasteiger partial charge in [0.25, 0.3) is 0 Å². The average molecular weight is 575 g/mol. The standard InChI is InChI=1S/C30H33Cl2NO4S/c1-36-24-15-12-22(13-16-24)9-6-4-2-3-5-7-20-37-28-18-14-23(33-27(28)17-19-29(34)35)21-38-30-25(31)10-8-11-26(30)32/h8,10-19H,2-7,9,20-21H2,1H3,(H,34,35). The first-order valence-corrected chi connectivity index (χ1v) is 14.4. The topological polar surface area (TPSA) is 68.7 Å². The van der Waals surface area contributed by atoms with Crippen molar-refractivity contribution in [3.05, 3.63) is 87.7 Å². The summed E-state index contributed by atoms with van der Waals surface area (Å²) in [5, 5.41) is 10.3. The van der Waals surface area contributed by atoms with Crippen molar-refractivity contribution in [1.82, 2.24) is 4.98 Å². The average Bonchev–Trinajstić information content (AvgIpc) is 2.91. The van der Waals surface area contributed by atoms with Gasteiger partial charge in [0.15, 0.2) is 0 Å². The fourth-order valence-electron chi connectivity index (χ4n) is 3.86. The Morgan fingerprint density at radius 1 is 0.947 bits per heavy atom. The van der Waals surface area contributed by atoms with Crippen LogP contribution in [0.25, 0.3) is 6.08 Å². The van der Waals surface area contributed by atoms with E-state index in [0.29, 0.717) is 33.8 Å². The van der Waals surface area contributed by atoms with Gasteiger partial charge in [0.2, 0.25) is 0 Å². The minimum Gasteiger partial charge on any atom is -0.497 e. The van der Waals surface area contributed by atoms with Gasteiger partial charge in [-0.3, -0.25) is 0 Å². The summed E-state index contributed by atoms with van der Waals surface area (Å²) in [6, 6.07) is 17.4. The number of benzene rings is 2. The van der Waals surface area contributed by atoms with E-state index in [1.807, 2.05) is 24.3 Å². The Hall–Kier alpha value is -2.67. The molecule has 0 atom stereocenters. The number of carboxylic acids is 1. The van der Waals surface area contributed by atoms with Gasteiger partial charge in [-0.15, -0.1) is 11.8 Å². The first-order valence-electron chi connectivity index (χ1n) is 12.7. The number of ether oxygens (including phenoxy) is 2. The van der Waals surface area contributed by atoms with E-state index in [-0.39, 0.29) is 0 Å². The van der Waals surface area contributed by atoms with Gasteiger partial charge in [0.1, 0.15) is 17.2 Å². The largest absolute Gasteiger partial charge is 0.497 e. The number of carboxylic acid groups (broad SMARTS) is 1. The molecule has 0 aliphatic rings. The highest BCUT2D eigenvalue weighted by molar-refractivity contribution is 7.98. The van der Waals surface area contributed by atoms with Crippen molar-refractivity contribution < 1.29 is 19.4 Å². The van der Waals surface area contributed by atoms with Crippen LogP contribution in [0, 0.1) is 0 Å². The van der Waals surface area contributed by atoms with Crippen molar-refractivity contribution >= 4 is 47.0 Å². The molecule has 1 heterocycles. The van der Waals surface area contributed by atoms with Crippen LogP contribution in [0.1, 0.15) is 55.5 Å². The minimum absolute atomic E-state index is 0.495. The van der Waals surface area contributed by atoms with E-state index in [2.05, 4.69) is 17.1 Å². The molecule has 0 radical (unpaired) electrons. The van der Waals surface area contributed by atoms with Crippen LogP contribution in [0.2, 0.25) is 10.0 Å². The molecule has 5 nitrogen and oxygen atoms in total. The maximum Gasteiger partial charge on any atom is 0.328 e. The molecule has 1 aromatic heterocycles. The Bertz CT molecular complexity index is 1180. The number of halogens is 2. The second-order valence-electron chi connectivity index (χ2n) is 8.76. The van der Waals surface area contributed by atoms with Crippen LogP contribution in [0.15, 0.2) is 65.6 Å². The minimum atomic E-state index is -1.03. The molecule has 0 amide bonds. The van der Waals surface area contributed by atoms with Gasteiger partial charge < -0.3 is 14.6 Å². The predicted molar refractivity (Wildman–Crippen MR) is 157 cm³/mol. The number of aryl methyl sites for hydroxylation is 1. The third-order valence-electron chi connectivity index (χ3n) is 5.89. The molecule has 3 aromatic rings. The quantitative estimate of drug-likeness (QED) is 0.105. The molecule has 0 aliphatic heterocycles. The number of rotatable bonds is 16. The zero-order chi connectivity index (χ0) is 27.2. The third kappa shape index (κ3) is 10.2. The number of aromatic nitrogens is 1. The Labute approximate surface area is 239 Å². The zero-order valence-corrected chi connectivity index (χ0v) is 23.8.